The van der Waals surface area contributed by atoms with Crippen LogP contribution in [0, 0.1) is 6.92 Å². The van der Waals surface area contributed by atoms with Gasteiger partial charge in [-0.2, -0.15) is 0 Å². The minimum absolute atomic E-state index is 0.164. The van der Waals surface area contributed by atoms with Gasteiger partial charge in [-0.05, 0) is 35.9 Å². The van der Waals surface area contributed by atoms with Gasteiger partial charge >= 0.3 is 0 Å². The molecular weight excluding hydrogens is 292 g/mol. The standard InChI is InChI=1S/C16H22N6O/c1-13-5-3-4-6-15(13)20-9-10-22(14(2)11-20)16(23)7-8-21-12-17-18-19-21/h3-6,12,14H,7-11H2,1-2H3/t14-/m1/s1. The summed E-state index contributed by atoms with van der Waals surface area (Å²) in [5, 5.41) is 11.0. The van der Waals surface area contributed by atoms with Gasteiger partial charge in [-0.3, -0.25) is 4.79 Å². The first-order valence-electron chi connectivity index (χ1n) is 7.96. The first kappa shape index (κ1) is 15.5. The lowest BCUT2D eigenvalue weighted by Crippen LogP contribution is -2.54. The Labute approximate surface area is 135 Å². The van der Waals surface area contributed by atoms with Gasteiger partial charge in [-0.1, -0.05) is 18.2 Å². The first-order chi connectivity index (χ1) is 11.1. The molecule has 2 aromatic rings. The molecule has 2 heterocycles. The van der Waals surface area contributed by atoms with E-state index in [1.807, 2.05) is 4.90 Å². The smallest absolute Gasteiger partial charge is 0.224 e. The number of carbonyl (C=O) groups is 1. The Bertz CT molecular complexity index is 656. The number of nitrogens with zero attached hydrogens (tertiary/aromatic N) is 6. The van der Waals surface area contributed by atoms with Gasteiger partial charge in [-0.15, -0.1) is 5.10 Å². The van der Waals surface area contributed by atoms with E-state index in [2.05, 4.69) is 58.5 Å². The average Bonchev–Trinajstić information content (AvgIpc) is 3.06. The van der Waals surface area contributed by atoms with Gasteiger partial charge in [0.25, 0.3) is 0 Å². The molecular formula is C16H22N6O. The monoisotopic (exact) mass is 314 g/mol. The van der Waals surface area contributed by atoms with E-state index in [0.717, 1.165) is 19.6 Å². The number of aryl methyl sites for hydroxylation is 2. The highest BCUT2D eigenvalue weighted by atomic mass is 16.2. The number of anilines is 1. The van der Waals surface area contributed by atoms with Gasteiger partial charge in [-0.25, -0.2) is 4.68 Å². The second kappa shape index (κ2) is 6.76. The Balaban J connectivity index is 1.58. The van der Waals surface area contributed by atoms with E-state index in [-0.39, 0.29) is 11.9 Å². The van der Waals surface area contributed by atoms with Crippen LogP contribution in [0.1, 0.15) is 18.9 Å². The third-order valence-electron chi connectivity index (χ3n) is 4.35. The van der Waals surface area contributed by atoms with E-state index in [1.54, 1.807) is 4.68 Å². The van der Waals surface area contributed by atoms with Crippen molar-refractivity contribution >= 4 is 11.6 Å². The summed E-state index contributed by atoms with van der Waals surface area (Å²) in [5.74, 6) is 0.164. The molecule has 7 heteroatoms. The first-order valence-corrected chi connectivity index (χ1v) is 7.96. The lowest BCUT2D eigenvalue weighted by molar-refractivity contribution is -0.133. The number of hydrogen-bond acceptors (Lipinski definition) is 5. The number of rotatable bonds is 4. The van der Waals surface area contributed by atoms with E-state index < -0.39 is 0 Å². The molecule has 1 saturated heterocycles. The molecule has 1 atom stereocenters. The summed E-state index contributed by atoms with van der Waals surface area (Å²) in [6.07, 6.45) is 1.96. The average molecular weight is 314 g/mol. The number of tetrazole rings is 1. The summed E-state index contributed by atoms with van der Waals surface area (Å²) in [6.45, 7) is 7.25. The second-order valence-corrected chi connectivity index (χ2v) is 5.99. The zero-order chi connectivity index (χ0) is 16.2. The number of amides is 1. The van der Waals surface area contributed by atoms with Crippen molar-refractivity contribution < 1.29 is 4.79 Å². The van der Waals surface area contributed by atoms with E-state index in [9.17, 15) is 4.79 Å². The normalized spacial score (nSPS) is 18.3. The molecule has 7 nitrogen and oxygen atoms in total. The third-order valence-corrected chi connectivity index (χ3v) is 4.35. The maximum atomic E-state index is 12.4. The van der Waals surface area contributed by atoms with Crippen molar-refractivity contribution in [1.29, 1.82) is 0 Å². The summed E-state index contributed by atoms with van der Waals surface area (Å²) in [6, 6.07) is 8.60. The molecule has 0 saturated carbocycles. The third kappa shape index (κ3) is 3.49. The van der Waals surface area contributed by atoms with E-state index in [1.165, 1.54) is 17.6 Å². The zero-order valence-electron chi connectivity index (χ0n) is 13.6. The van der Waals surface area contributed by atoms with Gasteiger partial charge in [0.15, 0.2) is 0 Å². The van der Waals surface area contributed by atoms with E-state index >= 15 is 0 Å². The SMILES string of the molecule is Cc1ccccc1N1CCN(C(=O)CCn2cnnn2)[C@H](C)C1. The number of hydrogen-bond donors (Lipinski definition) is 0. The molecule has 0 spiro atoms. The number of aromatic nitrogens is 4. The van der Waals surface area contributed by atoms with Gasteiger partial charge in [0.2, 0.25) is 5.91 Å². The van der Waals surface area contributed by atoms with Crippen LogP contribution in [0.25, 0.3) is 0 Å². The molecule has 0 bridgehead atoms. The molecule has 1 aromatic carbocycles. The molecule has 0 radical (unpaired) electrons. The maximum absolute atomic E-state index is 12.4. The Hall–Kier alpha value is -2.44. The van der Waals surface area contributed by atoms with Crippen LogP contribution in [0.5, 0.6) is 0 Å². The Morgan fingerprint density at radius 1 is 1.30 bits per heavy atom. The van der Waals surface area contributed by atoms with Crippen molar-refractivity contribution in [3.05, 3.63) is 36.2 Å². The minimum Gasteiger partial charge on any atom is -0.367 e. The van der Waals surface area contributed by atoms with Crippen LogP contribution in [0.2, 0.25) is 0 Å². The molecule has 1 amide bonds. The highest BCUT2D eigenvalue weighted by molar-refractivity contribution is 5.77. The Morgan fingerprint density at radius 2 is 2.13 bits per heavy atom. The molecule has 1 aliphatic rings. The molecule has 23 heavy (non-hydrogen) atoms. The van der Waals surface area contributed by atoms with Crippen molar-refractivity contribution in [2.75, 3.05) is 24.5 Å². The summed E-state index contributed by atoms with van der Waals surface area (Å²) in [7, 11) is 0. The minimum atomic E-state index is 0.164. The summed E-state index contributed by atoms with van der Waals surface area (Å²) >= 11 is 0. The number of para-hydroxylation sites is 1. The lowest BCUT2D eigenvalue weighted by Gasteiger charge is -2.41. The maximum Gasteiger partial charge on any atom is 0.224 e. The molecule has 1 fully saturated rings. The highest BCUT2D eigenvalue weighted by Crippen LogP contribution is 2.23. The van der Waals surface area contributed by atoms with Crippen LogP contribution in [0.3, 0.4) is 0 Å². The summed E-state index contributed by atoms with van der Waals surface area (Å²) in [4.78, 5) is 16.8. The molecule has 0 aliphatic carbocycles. The van der Waals surface area contributed by atoms with Crippen LogP contribution in [0.4, 0.5) is 5.69 Å². The number of piperazine rings is 1. The lowest BCUT2D eigenvalue weighted by atomic mass is 10.1. The molecule has 3 rings (SSSR count). The fraction of sp³-hybridized carbons (Fsp3) is 0.500. The molecule has 0 N–H and O–H groups in total. The van der Waals surface area contributed by atoms with Gasteiger partial charge in [0.05, 0.1) is 6.54 Å². The van der Waals surface area contributed by atoms with Crippen molar-refractivity contribution in [3.63, 3.8) is 0 Å². The number of carbonyl (C=O) groups excluding carboxylic acids is 1. The zero-order valence-corrected chi connectivity index (χ0v) is 13.6. The van der Waals surface area contributed by atoms with Gasteiger partial charge < -0.3 is 9.80 Å². The van der Waals surface area contributed by atoms with Crippen LogP contribution < -0.4 is 4.90 Å². The Morgan fingerprint density at radius 3 is 2.83 bits per heavy atom. The predicted octanol–water partition coefficient (Wildman–Crippen LogP) is 1.11. The summed E-state index contributed by atoms with van der Waals surface area (Å²) < 4.78 is 1.59. The quantitative estimate of drug-likeness (QED) is 0.846. The van der Waals surface area contributed by atoms with Gasteiger partial charge in [0, 0.05) is 37.8 Å². The molecule has 122 valence electrons. The van der Waals surface area contributed by atoms with E-state index in [4.69, 9.17) is 0 Å². The number of benzene rings is 1. The predicted molar refractivity (Wildman–Crippen MR) is 87.0 cm³/mol. The van der Waals surface area contributed by atoms with Gasteiger partial charge in [0.1, 0.15) is 6.33 Å². The second-order valence-electron chi connectivity index (χ2n) is 5.99. The van der Waals surface area contributed by atoms with Crippen LogP contribution in [-0.2, 0) is 11.3 Å². The van der Waals surface area contributed by atoms with Crippen molar-refractivity contribution in [2.24, 2.45) is 0 Å². The Kier molecular flexibility index (Phi) is 4.55. The van der Waals surface area contributed by atoms with E-state index in [0.29, 0.717) is 13.0 Å². The highest BCUT2D eigenvalue weighted by Gasteiger charge is 2.27. The van der Waals surface area contributed by atoms with Crippen molar-refractivity contribution in [3.8, 4) is 0 Å². The molecule has 0 unspecified atom stereocenters. The topological polar surface area (TPSA) is 67.2 Å². The molecule has 1 aliphatic heterocycles. The van der Waals surface area contributed by atoms with Crippen LogP contribution >= 0.6 is 0 Å². The molecule has 1 aromatic heterocycles. The fourth-order valence-corrected chi connectivity index (χ4v) is 3.10. The summed E-state index contributed by atoms with van der Waals surface area (Å²) in [5.41, 5.74) is 2.54. The fourth-order valence-electron chi connectivity index (χ4n) is 3.10. The van der Waals surface area contributed by atoms with Crippen molar-refractivity contribution in [2.45, 2.75) is 32.9 Å². The largest absolute Gasteiger partial charge is 0.367 e. The van der Waals surface area contributed by atoms with Crippen LogP contribution in [0.15, 0.2) is 30.6 Å². The van der Waals surface area contributed by atoms with Crippen LogP contribution in [-0.4, -0.2) is 56.7 Å². The van der Waals surface area contributed by atoms with Crippen molar-refractivity contribution in [1.82, 2.24) is 25.1 Å².